The first-order chi connectivity index (χ1) is 14.0. The van der Waals surface area contributed by atoms with E-state index in [1.165, 1.54) is 0 Å². The molecule has 2 heterocycles. The number of amides is 1. The molecule has 11 heteroatoms. The van der Waals surface area contributed by atoms with Crippen LogP contribution in [0.25, 0.3) is 0 Å². The van der Waals surface area contributed by atoms with Crippen molar-refractivity contribution >= 4 is 33.3 Å². The zero-order chi connectivity index (χ0) is 22.1. The van der Waals surface area contributed by atoms with Crippen LogP contribution in [0, 0.1) is 12.8 Å². The minimum absolute atomic E-state index is 0.0194. The van der Waals surface area contributed by atoms with Crippen molar-refractivity contribution in [2.24, 2.45) is 5.92 Å². The smallest absolute Gasteiger partial charge is 0.310 e. The molecular formula is C19H19ClF3N3O3S. The molecule has 0 unspecified atom stereocenters. The molecule has 2 aromatic rings. The van der Waals surface area contributed by atoms with E-state index in [1.54, 1.807) is 25.3 Å². The van der Waals surface area contributed by atoms with Crippen molar-refractivity contribution in [3.63, 3.8) is 0 Å². The number of sulfonamides is 1. The summed E-state index contributed by atoms with van der Waals surface area (Å²) >= 11 is 5.57. The lowest BCUT2D eigenvalue weighted by atomic mass is 9.97. The van der Waals surface area contributed by atoms with Gasteiger partial charge < -0.3 is 5.32 Å². The quantitative estimate of drug-likeness (QED) is 0.743. The third-order valence-corrected chi connectivity index (χ3v) is 7.18. The van der Waals surface area contributed by atoms with E-state index >= 15 is 0 Å². The summed E-state index contributed by atoms with van der Waals surface area (Å²) in [7, 11) is -4.15. The number of hydrogen-bond acceptors (Lipinski definition) is 4. The minimum atomic E-state index is -4.77. The first-order valence-electron chi connectivity index (χ1n) is 9.09. The Morgan fingerprint density at radius 1 is 1.23 bits per heavy atom. The summed E-state index contributed by atoms with van der Waals surface area (Å²) in [4.78, 5) is 16.1. The molecule has 1 amide bonds. The molecule has 1 aliphatic rings. The molecular weight excluding hydrogens is 443 g/mol. The summed E-state index contributed by atoms with van der Waals surface area (Å²) in [6.07, 6.45) is -2.72. The summed E-state index contributed by atoms with van der Waals surface area (Å²) in [5.41, 5.74) is -0.403. The maximum atomic E-state index is 13.1. The Morgan fingerprint density at radius 3 is 2.50 bits per heavy atom. The molecule has 0 saturated carbocycles. The van der Waals surface area contributed by atoms with Crippen molar-refractivity contribution in [3.8, 4) is 0 Å². The van der Waals surface area contributed by atoms with Crippen LogP contribution in [0.15, 0.2) is 41.4 Å². The zero-order valence-corrected chi connectivity index (χ0v) is 17.5. The predicted molar refractivity (Wildman–Crippen MR) is 106 cm³/mol. The molecule has 1 aliphatic heterocycles. The van der Waals surface area contributed by atoms with Crippen molar-refractivity contribution in [1.82, 2.24) is 9.29 Å². The lowest BCUT2D eigenvalue weighted by Crippen LogP contribution is -2.41. The number of rotatable bonds is 4. The van der Waals surface area contributed by atoms with Gasteiger partial charge in [-0.2, -0.15) is 17.5 Å². The topological polar surface area (TPSA) is 79.4 Å². The second-order valence-electron chi connectivity index (χ2n) is 6.98. The highest BCUT2D eigenvalue weighted by molar-refractivity contribution is 7.89. The molecule has 0 bridgehead atoms. The Labute approximate surface area is 177 Å². The summed E-state index contributed by atoms with van der Waals surface area (Å²) in [6.45, 7) is 1.84. The lowest BCUT2D eigenvalue weighted by Gasteiger charge is -2.30. The molecule has 0 radical (unpaired) electrons. The van der Waals surface area contributed by atoms with Gasteiger partial charge in [-0.05, 0) is 49.6 Å². The average molecular weight is 462 g/mol. The first kappa shape index (κ1) is 22.5. The van der Waals surface area contributed by atoms with Crippen molar-refractivity contribution in [1.29, 1.82) is 0 Å². The van der Waals surface area contributed by atoms with Crippen molar-refractivity contribution in [2.45, 2.75) is 30.8 Å². The van der Waals surface area contributed by atoms with Crippen LogP contribution in [0.4, 0.5) is 19.0 Å². The molecule has 0 aliphatic carbocycles. The number of benzene rings is 1. The number of piperidine rings is 1. The minimum Gasteiger partial charge on any atom is -0.310 e. The second kappa shape index (κ2) is 8.52. The van der Waals surface area contributed by atoms with Crippen LogP contribution in [0.2, 0.25) is 5.02 Å². The fourth-order valence-corrected chi connectivity index (χ4v) is 4.95. The van der Waals surface area contributed by atoms with Crippen LogP contribution in [-0.4, -0.2) is 36.7 Å². The Kier molecular flexibility index (Phi) is 6.40. The molecule has 1 aromatic carbocycles. The standard InChI is InChI=1S/C19H19ClF3N3O3S/c1-12-3-2-8-24-17(12)25-18(27)13-6-9-26(10-7-13)30(28,29)14-4-5-16(20)15(11-14)19(21,22)23/h2-5,8,11,13H,6-7,9-10H2,1H3,(H,24,25,27). The van der Waals surface area contributed by atoms with Crippen LogP contribution in [-0.2, 0) is 21.0 Å². The zero-order valence-electron chi connectivity index (χ0n) is 15.9. The number of anilines is 1. The van der Waals surface area contributed by atoms with E-state index in [-0.39, 0.29) is 31.8 Å². The van der Waals surface area contributed by atoms with Crippen molar-refractivity contribution < 1.29 is 26.4 Å². The third-order valence-electron chi connectivity index (χ3n) is 4.96. The Morgan fingerprint density at radius 2 is 1.90 bits per heavy atom. The van der Waals surface area contributed by atoms with Gasteiger partial charge in [0.2, 0.25) is 15.9 Å². The van der Waals surface area contributed by atoms with Crippen molar-refractivity contribution in [2.75, 3.05) is 18.4 Å². The van der Waals surface area contributed by atoms with Gasteiger partial charge in [0.1, 0.15) is 5.82 Å². The molecule has 0 atom stereocenters. The van der Waals surface area contributed by atoms with E-state index in [4.69, 9.17) is 11.6 Å². The summed E-state index contributed by atoms with van der Waals surface area (Å²) in [6, 6.07) is 6.07. The van der Waals surface area contributed by atoms with Gasteiger partial charge in [0, 0.05) is 25.2 Å². The molecule has 1 saturated heterocycles. The molecule has 1 fully saturated rings. The van der Waals surface area contributed by atoms with E-state index in [2.05, 4.69) is 10.3 Å². The Bertz CT molecular complexity index is 1050. The third kappa shape index (κ3) is 4.76. The van der Waals surface area contributed by atoms with Gasteiger partial charge in [0.15, 0.2) is 0 Å². The van der Waals surface area contributed by atoms with E-state index in [9.17, 15) is 26.4 Å². The molecule has 162 valence electrons. The van der Waals surface area contributed by atoms with Gasteiger partial charge in [0.25, 0.3) is 0 Å². The fraction of sp³-hybridized carbons (Fsp3) is 0.368. The highest BCUT2D eigenvalue weighted by Crippen LogP contribution is 2.36. The maximum absolute atomic E-state index is 13.1. The monoisotopic (exact) mass is 461 g/mol. The fourth-order valence-electron chi connectivity index (χ4n) is 3.22. The van der Waals surface area contributed by atoms with Crippen LogP contribution in [0.1, 0.15) is 24.0 Å². The first-order valence-corrected chi connectivity index (χ1v) is 10.9. The Balaban J connectivity index is 1.70. The average Bonchev–Trinajstić information content (AvgIpc) is 2.69. The highest BCUT2D eigenvalue weighted by Gasteiger charge is 2.37. The molecule has 1 aromatic heterocycles. The molecule has 1 N–H and O–H groups in total. The number of aromatic nitrogens is 1. The summed E-state index contributed by atoms with van der Waals surface area (Å²) in [5, 5.41) is 2.17. The normalized spacial score (nSPS) is 16.4. The molecule has 6 nitrogen and oxygen atoms in total. The molecule has 0 spiro atoms. The van der Waals surface area contributed by atoms with Gasteiger partial charge in [-0.25, -0.2) is 13.4 Å². The van der Waals surface area contributed by atoms with Gasteiger partial charge >= 0.3 is 6.18 Å². The van der Waals surface area contributed by atoms with Gasteiger partial charge in [-0.1, -0.05) is 17.7 Å². The van der Waals surface area contributed by atoms with E-state index in [0.29, 0.717) is 11.9 Å². The van der Waals surface area contributed by atoms with Gasteiger partial charge in [-0.3, -0.25) is 4.79 Å². The van der Waals surface area contributed by atoms with Gasteiger partial charge in [-0.15, -0.1) is 0 Å². The lowest BCUT2D eigenvalue weighted by molar-refractivity contribution is -0.137. The number of pyridine rings is 1. The number of carbonyl (C=O) groups is 1. The summed E-state index contributed by atoms with van der Waals surface area (Å²) < 4.78 is 65.9. The van der Waals surface area contributed by atoms with Gasteiger partial charge in [0.05, 0.1) is 15.5 Å². The number of halogens is 4. The number of alkyl halides is 3. The number of aryl methyl sites for hydroxylation is 1. The van der Waals surface area contributed by atoms with Crippen LogP contribution in [0.3, 0.4) is 0 Å². The summed E-state index contributed by atoms with van der Waals surface area (Å²) in [5.74, 6) is -0.244. The highest BCUT2D eigenvalue weighted by atomic mass is 35.5. The number of carbonyl (C=O) groups excluding carboxylic acids is 1. The maximum Gasteiger partial charge on any atom is 0.417 e. The SMILES string of the molecule is Cc1cccnc1NC(=O)C1CCN(S(=O)(=O)c2ccc(Cl)c(C(F)(F)F)c2)CC1. The van der Waals surface area contributed by atoms with Crippen LogP contribution >= 0.6 is 11.6 Å². The second-order valence-corrected chi connectivity index (χ2v) is 9.32. The van der Waals surface area contributed by atoms with E-state index in [1.807, 2.05) is 0 Å². The predicted octanol–water partition coefficient (Wildman–Crippen LogP) is 4.10. The molecule has 30 heavy (non-hydrogen) atoms. The number of hydrogen-bond donors (Lipinski definition) is 1. The largest absolute Gasteiger partial charge is 0.417 e. The van der Waals surface area contributed by atoms with Crippen molar-refractivity contribution in [3.05, 3.63) is 52.7 Å². The number of nitrogens with zero attached hydrogens (tertiary/aromatic N) is 2. The van der Waals surface area contributed by atoms with Crippen LogP contribution < -0.4 is 5.32 Å². The van der Waals surface area contributed by atoms with Crippen LogP contribution in [0.5, 0.6) is 0 Å². The molecule has 3 rings (SSSR count). The number of nitrogens with one attached hydrogen (secondary N) is 1. The van der Waals surface area contributed by atoms with E-state index < -0.39 is 37.6 Å². The Hall–Kier alpha value is -2.17. The van der Waals surface area contributed by atoms with E-state index in [0.717, 1.165) is 22.0 Å².